The van der Waals surface area contributed by atoms with Crippen LogP contribution in [0.15, 0.2) is 18.2 Å². The highest BCUT2D eigenvalue weighted by molar-refractivity contribution is 5.42. The van der Waals surface area contributed by atoms with Gasteiger partial charge in [0.25, 0.3) is 0 Å². The largest absolute Gasteiger partial charge is 0.493 e. The second-order valence-corrected chi connectivity index (χ2v) is 4.28. The molecule has 0 unspecified atom stereocenters. The number of nitrogens with one attached hydrogen (secondary N) is 1. The van der Waals surface area contributed by atoms with Gasteiger partial charge in [-0.25, -0.2) is 0 Å². The van der Waals surface area contributed by atoms with E-state index in [9.17, 15) is 0 Å². The van der Waals surface area contributed by atoms with E-state index in [2.05, 4.69) is 5.32 Å². The molecule has 0 saturated heterocycles. The molecule has 0 aliphatic rings. The van der Waals surface area contributed by atoms with Gasteiger partial charge in [0.15, 0.2) is 11.5 Å². The van der Waals surface area contributed by atoms with E-state index < -0.39 is 0 Å². The molecule has 0 bridgehead atoms. The van der Waals surface area contributed by atoms with E-state index in [-0.39, 0.29) is 6.61 Å². The standard InChI is InChI=1S/C15H25NO4/c1-3-19-9-10-20-14-6-5-13(11-15(14)18-2)12-16-7-4-8-17/h5-6,11,16-17H,3-4,7-10,12H2,1-2H3. The highest BCUT2D eigenvalue weighted by Gasteiger charge is 2.05. The first-order valence-corrected chi connectivity index (χ1v) is 7.00. The molecule has 0 saturated carbocycles. The Labute approximate surface area is 120 Å². The molecule has 5 nitrogen and oxygen atoms in total. The number of benzene rings is 1. The molecule has 0 heterocycles. The molecule has 1 aromatic carbocycles. The smallest absolute Gasteiger partial charge is 0.161 e. The molecule has 1 rings (SSSR count). The zero-order valence-electron chi connectivity index (χ0n) is 12.4. The van der Waals surface area contributed by atoms with Gasteiger partial charge in [-0.2, -0.15) is 0 Å². The Morgan fingerprint density at radius 3 is 2.75 bits per heavy atom. The minimum absolute atomic E-state index is 0.211. The van der Waals surface area contributed by atoms with Gasteiger partial charge in [-0.1, -0.05) is 6.07 Å². The lowest BCUT2D eigenvalue weighted by Gasteiger charge is -2.12. The average Bonchev–Trinajstić information content (AvgIpc) is 2.49. The van der Waals surface area contributed by atoms with Gasteiger partial charge in [-0.15, -0.1) is 0 Å². The van der Waals surface area contributed by atoms with Crippen LogP contribution >= 0.6 is 0 Å². The van der Waals surface area contributed by atoms with Crippen LogP contribution in [-0.2, 0) is 11.3 Å². The van der Waals surface area contributed by atoms with Crippen LogP contribution in [0, 0.1) is 0 Å². The van der Waals surface area contributed by atoms with E-state index in [4.69, 9.17) is 19.3 Å². The van der Waals surface area contributed by atoms with E-state index in [1.165, 1.54) is 0 Å². The van der Waals surface area contributed by atoms with E-state index in [0.717, 1.165) is 36.6 Å². The first-order chi connectivity index (χ1) is 9.81. The van der Waals surface area contributed by atoms with Crippen molar-refractivity contribution in [3.8, 4) is 11.5 Å². The lowest BCUT2D eigenvalue weighted by molar-refractivity contribution is 0.109. The van der Waals surface area contributed by atoms with Crippen molar-refractivity contribution in [2.45, 2.75) is 19.9 Å². The predicted molar refractivity (Wildman–Crippen MR) is 78.4 cm³/mol. The van der Waals surface area contributed by atoms with Crippen molar-refractivity contribution in [1.82, 2.24) is 5.32 Å². The van der Waals surface area contributed by atoms with Crippen molar-refractivity contribution in [3.63, 3.8) is 0 Å². The van der Waals surface area contributed by atoms with Crippen molar-refractivity contribution in [2.75, 3.05) is 40.1 Å². The van der Waals surface area contributed by atoms with Gasteiger partial charge in [0, 0.05) is 19.8 Å². The van der Waals surface area contributed by atoms with Crippen molar-refractivity contribution in [3.05, 3.63) is 23.8 Å². The molecule has 0 aliphatic heterocycles. The summed E-state index contributed by atoms with van der Waals surface area (Å²) in [7, 11) is 1.63. The van der Waals surface area contributed by atoms with Crippen LogP contribution in [0.3, 0.4) is 0 Å². The van der Waals surface area contributed by atoms with E-state index in [1.807, 2.05) is 25.1 Å². The molecule has 0 aromatic heterocycles. The van der Waals surface area contributed by atoms with Crippen molar-refractivity contribution < 1.29 is 19.3 Å². The fourth-order valence-electron chi connectivity index (χ4n) is 1.73. The topological polar surface area (TPSA) is 60.0 Å². The summed E-state index contributed by atoms with van der Waals surface area (Å²) < 4.78 is 16.2. The lowest BCUT2D eigenvalue weighted by atomic mass is 10.2. The van der Waals surface area contributed by atoms with Crippen LogP contribution < -0.4 is 14.8 Å². The first kappa shape index (κ1) is 16.8. The number of ether oxygens (including phenoxy) is 3. The maximum absolute atomic E-state index is 8.72. The number of aliphatic hydroxyl groups is 1. The van der Waals surface area contributed by atoms with Gasteiger partial charge in [-0.3, -0.25) is 0 Å². The van der Waals surface area contributed by atoms with Gasteiger partial charge >= 0.3 is 0 Å². The number of rotatable bonds is 11. The summed E-state index contributed by atoms with van der Waals surface area (Å²) in [5.74, 6) is 1.45. The summed E-state index contributed by atoms with van der Waals surface area (Å²) in [5.41, 5.74) is 1.12. The highest BCUT2D eigenvalue weighted by Crippen LogP contribution is 2.27. The fourth-order valence-corrected chi connectivity index (χ4v) is 1.73. The van der Waals surface area contributed by atoms with Crippen LogP contribution in [0.2, 0.25) is 0 Å². The van der Waals surface area contributed by atoms with E-state index in [1.54, 1.807) is 7.11 Å². The number of methoxy groups -OCH3 is 1. The Balaban J connectivity index is 2.47. The van der Waals surface area contributed by atoms with Crippen molar-refractivity contribution >= 4 is 0 Å². The van der Waals surface area contributed by atoms with Crippen molar-refractivity contribution in [2.24, 2.45) is 0 Å². The van der Waals surface area contributed by atoms with Gasteiger partial charge in [0.1, 0.15) is 6.61 Å². The normalized spacial score (nSPS) is 10.6. The third kappa shape index (κ3) is 6.23. The van der Waals surface area contributed by atoms with Crippen LogP contribution in [0.4, 0.5) is 0 Å². The molecule has 0 radical (unpaired) electrons. The Hall–Kier alpha value is -1.30. The zero-order valence-corrected chi connectivity index (χ0v) is 12.4. The first-order valence-electron chi connectivity index (χ1n) is 7.00. The van der Waals surface area contributed by atoms with Gasteiger partial charge in [-0.05, 0) is 37.6 Å². The third-order valence-electron chi connectivity index (χ3n) is 2.76. The Morgan fingerprint density at radius 2 is 2.05 bits per heavy atom. The molecule has 0 fully saturated rings. The van der Waals surface area contributed by atoms with E-state index >= 15 is 0 Å². The summed E-state index contributed by atoms with van der Waals surface area (Å²) in [6.07, 6.45) is 0.760. The minimum atomic E-state index is 0.211. The molecule has 1 aromatic rings. The number of hydrogen-bond acceptors (Lipinski definition) is 5. The minimum Gasteiger partial charge on any atom is -0.493 e. The second kappa shape index (κ2) is 10.5. The quantitative estimate of drug-likeness (QED) is 0.604. The number of hydrogen-bond donors (Lipinski definition) is 2. The van der Waals surface area contributed by atoms with Crippen LogP contribution in [0.25, 0.3) is 0 Å². The Morgan fingerprint density at radius 1 is 1.20 bits per heavy atom. The van der Waals surface area contributed by atoms with E-state index in [0.29, 0.717) is 19.8 Å². The monoisotopic (exact) mass is 283 g/mol. The average molecular weight is 283 g/mol. The maximum Gasteiger partial charge on any atom is 0.161 e. The Kier molecular flexibility index (Phi) is 8.78. The molecule has 0 aliphatic carbocycles. The summed E-state index contributed by atoms with van der Waals surface area (Å²) in [6, 6.07) is 5.88. The fraction of sp³-hybridized carbons (Fsp3) is 0.600. The molecule has 0 spiro atoms. The number of aliphatic hydroxyl groups excluding tert-OH is 1. The van der Waals surface area contributed by atoms with Crippen LogP contribution in [-0.4, -0.2) is 45.2 Å². The zero-order chi connectivity index (χ0) is 14.6. The van der Waals surface area contributed by atoms with Crippen molar-refractivity contribution in [1.29, 1.82) is 0 Å². The van der Waals surface area contributed by atoms with Gasteiger partial charge < -0.3 is 24.6 Å². The summed E-state index contributed by atoms with van der Waals surface area (Å²) in [6.45, 7) is 5.49. The van der Waals surface area contributed by atoms with Gasteiger partial charge in [0.2, 0.25) is 0 Å². The summed E-state index contributed by atoms with van der Waals surface area (Å²) in [4.78, 5) is 0. The predicted octanol–water partition coefficient (Wildman–Crippen LogP) is 1.58. The maximum atomic E-state index is 8.72. The van der Waals surface area contributed by atoms with Gasteiger partial charge in [0.05, 0.1) is 13.7 Å². The molecule has 0 atom stereocenters. The Bertz CT molecular complexity index is 371. The molecule has 5 heteroatoms. The molecule has 114 valence electrons. The summed E-state index contributed by atoms with van der Waals surface area (Å²) >= 11 is 0. The SMILES string of the molecule is CCOCCOc1ccc(CNCCCO)cc1OC. The highest BCUT2D eigenvalue weighted by atomic mass is 16.5. The third-order valence-corrected chi connectivity index (χ3v) is 2.76. The van der Waals surface area contributed by atoms with Crippen LogP contribution in [0.5, 0.6) is 11.5 Å². The molecular weight excluding hydrogens is 258 g/mol. The summed E-state index contributed by atoms with van der Waals surface area (Å²) in [5, 5.41) is 12.0. The lowest BCUT2D eigenvalue weighted by Crippen LogP contribution is -2.15. The molecule has 20 heavy (non-hydrogen) atoms. The van der Waals surface area contributed by atoms with Crippen LogP contribution in [0.1, 0.15) is 18.9 Å². The molecular formula is C15H25NO4. The molecule has 0 amide bonds. The molecule has 2 N–H and O–H groups in total. The second-order valence-electron chi connectivity index (χ2n) is 4.28.